The lowest BCUT2D eigenvalue weighted by molar-refractivity contribution is 0.348. The lowest BCUT2D eigenvalue weighted by Gasteiger charge is -2.10. The average Bonchev–Trinajstić information content (AvgIpc) is 3.04. The standard InChI is InChI=1S/C13H13ClN2O4S/c1-8-6-15-12(20-8)7-16-21(17,18)11-5-10(14)4-9-2-3-19-13(9)11/h4-6,16H,2-3,7H2,1H3. The minimum atomic E-state index is -3.76. The monoisotopic (exact) mass is 328 g/mol. The van der Waals surface area contributed by atoms with E-state index in [0.29, 0.717) is 35.5 Å². The van der Waals surface area contributed by atoms with Crippen LogP contribution in [-0.4, -0.2) is 20.0 Å². The molecule has 6 nitrogen and oxygen atoms in total. The first-order valence-corrected chi connectivity index (χ1v) is 8.18. The predicted octanol–water partition coefficient (Wildman–Crippen LogP) is 2.05. The molecule has 0 atom stereocenters. The van der Waals surface area contributed by atoms with Crippen LogP contribution in [-0.2, 0) is 23.0 Å². The second kappa shape index (κ2) is 5.32. The highest BCUT2D eigenvalue weighted by Crippen LogP contribution is 2.35. The fraction of sp³-hybridized carbons (Fsp3) is 0.308. The van der Waals surface area contributed by atoms with Crippen LogP contribution in [0.5, 0.6) is 5.75 Å². The van der Waals surface area contributed by atoms with Crippen molar-refractivity contribution in [1.29, 1.82) is 0 Å². The lowest BCUT2D eigenvalue weighted by atomic mass is 10.2. The summed E-state index contributed by atoms with van der Waals surface area (Å²) >= 11 is 5.98. The van der Waals surface area contributed by atoms with Crippen LogP contribution in [0.15, 0.2) is 27.6 Å². The van der Waals surface area contributed by atoms with Gasteiger partial charge in [0, 0.05) is 17.0 Å². The van der Waals surface area contributed by atoms with E-state index in [1.165, 1.54) is 12.3 Å². The first kappa shape index (κ1) is 14.4. The number of nitrogens with zero attached hydrogens (tertiary/aromatic N) is 1. The van der Waals surface area contributed by atoms with Crippen LogP contribution in [0, 0.1) is 6.92 Å². The number of halogens is 1. The molecule has 2 heterocycles. The molecule has 0 fully saturated rings. The molecule has 0 aliphatic carbocycles. The SMILES string of the molecule is Cc1cnc(CNS(=O)(=O)c2cc(Cl)cc3c2OCC3)o1. The number of nitrogens with one attached hydrogen (secondary N) is 1. The maximum atomic E-state index is 12.4. The molecule has 0 bridgehead atoms. The normalized spacial score (nSPS) is 14.0. The highest BCUT2D eigenvalue weighted by atomic mass is 35.5. The van der Waals surface area contributed by atoms with Gasteiger partial charge in [0.05, 0.1) is 19.3 Å². The van der Waals surface area contributed by atoms with Gasteiger partial charge in [-0.05, 0) is 19.1 Å². The summed E-state index contributed by atoms with van der Waals surface area (Å²) in [4.78, 5) is 4.00. The van der Waals surface area contributed by atoms with E-state index < -0.39 is 10.0 Å². The van der Waals surface area contributed by atoms with E-state index in [0.717, 1.165) is 5.56 Å². The van der Waals surface area contributed by atoms with Crippen LogP contribution in [0.4, 0.5) is 0 Å². The van der Waals surface area contributed by atoms with Gasteiger partial charge in [0.25, 0.3) is 0 Å². The molecule has 112 valence electrons. The summed E-state index contributed by atoms with van der Waals surface area (Å²) < 4.78 is 37.9. The molecule has 2 aromatic rings. The van der Waals surface area contributed by atoms with Crippen molar-refractivity contribution in [3.63, 3.8) is 0 Å². The van der Waals surface area contributed by atoms with Crippen LogP contribution in [0.2, 0.25) is 5.02 Å². The van der Waals surface area contributed by atoms with Crippen LogP contribution in [0.25, 0.3) is 0 Å². The zero-order chi connectivity index (χ0) is 15.0. The Morgan fingerprint density at radius 2 is 2.24 bits per heavy atom. The van der Waals surface area contributed by atoms with Crippen LogP contribution >= 0.6 is 11.6 Å². The molecule has 8 heteroatoms. The van der Waals surface area contributed by atoms with Gasteiger partial charge < -0.3 is 9.15 Å². The number of hydrogen-bond donors (Lipinski definition) is 1. The first-order chi connectivity index (χ1) is 9.95. The maximum absolute atomic E-state index is 12.4. The highest BCUT2D eigenvalue weighted by Gasteiger charge is 2.26. The van der Waals surface area contributed by atoms with Crippen molar-refractivity contribution in [2.45, 2.75) is 24.8 Å². The summed E-state index contributed by atoms with van der Waals surface area (Å²) in [6.07, 6.45) is 2.18. The summed E-state index contributed by atoms with van der Waals surface area (Å²) in [7, 11) is -3.76. The summed E-state index contributed by atoms with van der Waals surface area (Å²) in [5.74, 6) is 1.29. The van der Waals surface area contributed by atoms with Crippen LogP contribution < -0.4 is 9.46 Å². The smallest absolute Gasteiger partial charge is 0.244 e. The van der Waals surface area contributed by atoms with E-state index >= 15 is 0 Å². The fourth-order valence-corrected chi connectivity index (χ4v) is 3.64. The van der Waals surface area contributed by atoms with Crippen molar-refractivity contribution >= 4 is 21.6 Å². The van der Waals surface area contributed by atoms with Crippen molar-refractivity contribution in [3.05, 3.63) is 40.6 Å². The van der Waals surface area contributed by atoms with Gasteiger partial charge in [0.15, 0.2) is 0 Å². The third kappa shape index (κ3) is 2.90. The molecule has 0 radical (unpaired) electrons. The Balaban J connectivity index is 1.88. The summed E-state index contributed by atoms with van der Waals surface area (Å²) in [6, 6.07) is 3.11. The quantitative estimate of drug-likeness (QED) is 0.929. The van der Waals surface area contributed by atoms with Crippen molar-refractivity contribution in [3.8, 4) is 5.75 Å². The Hall–Kier alpha value is -1.57. The molecule has 3 rings (SSSR count). The van der Waals surface area contributed by atoms with Crippen molar-refractivity contribution < 1.29 is 17.6 Å². The van der Waals surface area contributed by atoms with E-state index in [1.807, 2.05) is 0 Å². The molecule has 1 aromatic heterocycles. The molecular formula is C13H13ClN2O4S. The molecule has 0 unspecified atom stereocenters. The van der Waals surface area contributed by atoms with Crippen LogP contribution in [0.1, 0.15) is 17.2 Å². The Labute approximate surface area is 127 Å². The van der Waals surface area contributed by atoms with E-state index in [-0.39, 0.29) is 11.4 Å². The third-order valence-electron chi connectivity index (χ3n) is 3.09. The number of hydrogen-bond acceptors (Lipinski definition) is 5. The molecule has 0 amide bonds. The minimum Gasteiger partial charge on any atom is -0.492 e. The number of ether oxygens (including phenoxy) is 1. The third-order valence-corrected chi connectivity index (χ3v) is 4.71. The molecule has 0 saturated heterocycles. The van der Waals surface area contributed by atoms with Gasteiger partial charge in [0.2, 0.25) is 15.9 Å². The molecule has 0 saturated carbocycles. The van der Waals surface area contributed by atoms with E-state index in [9.17, 15) is 8.42 Å². The summed E-state index contributed by atoms with van der Waals surface area (Å²) in [6.45, 7) is 2.16. The molecule has 1 aliphatic rings. The zero-order valence-corrected chi connectivity index (χ0v) is 12.8. The second-order valence-corrected chi connectivity index (χ2v) is 6.85. The number of aryl methyl sites for hydroxylation is 1. The predicted molar refractivity (Wildman–Crippen MR) is 75.9 cm³/mol. The van der Waals surface area contributed by atoms with Gasteiger partial charge in [-0.15, -0.1) is 0 Å². The molecule has 1 aromatic carbocycles. The second-order valence-electron chi connectivity index (χ2n) is 4.68. The summed E-state index contributed by atoms with van der Waals surface area (Å²) in [5.41, 5.74) is 0.801. The van der Waals surface area contributed by atoms with Gasteiger partial charge in [-0.3, -0.25) is 0 Å². The largest absolute Gasteiger partial charge is 0.492 e. The average molecular weight is 329 g/mol. The Morgan fingerprint density at radius 3 is 2.95 bits per heavy atom. The zero-order valence-electron chi connectivity index (χ0n) is 11.2. The van der Waals surface area contributed by atoms with E-state index in [1.54, 1.807) is 13.0 Å². The highest BCUT2D eigenvalue weighted by molar-refractivity contribution is 7.89. The molecule has 0 spiro atoms. The number of aromatic nitrogens is 1. The Kier molecular flexibility index (Phi) is 3.64. The minimum absolute atomic E-state index is 0.0303. The van der Waals surface area contributed by atoms with Gasteiger partial charge in [0.1, 0.15) is 16.4 Å². The van der Waals surface area contributed by atoms with Crippen molar-refractivity contribution in [2.75, 3.05) is 6.61 Å². The van der Waals surface area contributed by atoms with Gasteiger partial charge in [-0.1, -0.05) is 11.6 Å². The van der Waals surface area contributed by atoms with Gasteiger partial charge in [-0.25, -0.2) is 18.1 Å². The van der Waals surface area contributed by atoms with Gasteiger partial charge in [-0.2, -0.15) is 0 Å². The van der Waals surface area contributed by atoms with Crippen molar-refractivity contribution in [1.82, 2.24) is 9.71 Å². The van der Waals surface area contributed by atoms with Crippen LogP contribution in [0.3, 0.4) is 0 Å². The van der Waals surface area contributed by atoms with Gasteiger partial charge >= 0.3 is 0 Å². The molecular weight excluding hydrogens is 316 g/mol. The lowest BCUT2D eigenvalue weighted by Crippen LogP contribution is -2.24. The first-order valence-electron chi connectivity index (χ1n) is 6.32. The fourth-order valence-electron chi connectivity index (χ4n) is 2.15. The number of rotatable bonds is 4. The number of sulfonamides is 1. The molecule has 21 heavy (non-hydrogen) atoms. The molecule has 1 N–H and O–H groups in total. The number of benzene rings is 1. The Bertz CT molecular complexity index is 785. The van der Waals surface area contributed by atoms with E-state index in [4.69, 9.17) is 20.8 Å². The Morgan fingerprint density at radius 1 is 1.43 bits per heavy atom. The topological polar surface area (TPSA) is 81.4 Å². The van der Waals surface area contributed by atoms with E-state index in [2.05, 4.69) is 9.71 Å². The number of fused-ring (bicyclic) bond motifs is 1. The maximum Gasteiger partial charge on any atom is 0.244 e. The van der Waals surface area contributed by atoms with Crippen molar-refractivity contribution in [2.24, 2.45) is 0 Å². The molecule has 1 aliphatic heterocycles. The number of oxazole rings is 1. The summed E-state index contributed by atoms with van der Waals surface area (Å²) in [5, 5.41) is 0.367.